The molecule has 0 amide bonds. The highest BCUT2D eigenvalue weighted by Gasteiger charge is 2.06. The summed E-state index contributed by atoms with van der Waals surface area (Å²) in [6.45, 7) is 5.68. The van der Waals surface area contributed by atoms with Gasteiger partial charge in [-0.1, -0.05) is 33.1 Å². The van der Waals surface area contributed by atoms with E-state index in [9.17, 15) is 4.79 Å². The zero-order chi connectivity index (χ0) is 12.9. The Morgan fingerprint density at radius 3 is 2.59 bits per heavy atom. The second-order valence-corrected chi connectivity index (χ2v) is 4.73. The monoisotopic (exact) mass is 244 g/mol. The van der Waals surface area contributed by atoms with E-state index in [1.807, 2.05) is 0 Å². The third-order valence-corrected chi connectivity index (χ3v) is 2.81. The van der Waals surface area contributed by atoms with E-state index in [4.69, 9.17) is 9.47 Å². The molecule has 0 heterocycles. The van der Waals surface area contributed by atoms with Gasteiger partial charge in [-0.25, -0.2) is 0 Å². The maximum absolute atomic E-state index is 11.4. The molecule has 3 nitrogen and oxygen atoms in total. The van der Waals surface area contributed by atoms with E-state index in [1.165, 1.54) is 12.8 Å². The van der Waals surface area contributed by atoms with Gasteiger partial charge >= 0.3 is 5.97 Å². The molecule has 0 bridgehead atoms. The van der Waals surface area contributed by atoms with Gasteiger partial charge in [0.25, 0.3) is 0 Å². The van der Waals surface area contributed by atoms with Crippen molar-refractivity contribution in [1.82, 2.24) is 0 Å². The molecule has 0 aliphatic carbocycles. The van der Waals surface area contributed by atoms with E-state index in [2.05, 4.69) is 13.8 Å². The number of carbonyl (C=O) groups excluding carboxylic acids is 1. The predicted molar refractivity (Wildman–Crippen MR) is 70.0 cm³/mol. The molecule has 0 aromatic rings. The first kappa shape index (κ1) is 16.4. The molecular formula is C14H28O3. The summed E-state index contributed by atoms with van der Waals surface area (Å²) in [6.07, 6.45) is 7.09. The number of unbranched alkanes of at least 4 members (excludes halogenated alkanes) is 3. The molecule has 0 aromatic heterocycles. The first-order chi connectivity index (χ1) is 8.20. The molecule has 0 aromatic carbocycles. The van der Waals surface area contributed by atoms with Gasteiger partial charge in [0.05, 0.1) is 6.61 Å². The maximum atomic E-state index is 11.4. The molecular weight excluding hydrogens is 216 g/mol. The zero-order valence-corrected chi connectivity index (χ0v) is 11.7. The Hall–Kier alpha value is -0.570. The van der Waals surface area contributed by atoms with Gasteiger partial charge in [0.1, 0.15) is 0 Å². The minimum absolute atomic E-state index is 0.0502. The molecule has 0 saturated heterocycles. The molecule has 0 aliphatic heterocycles. The molecule has 1 atom stereocenters. The highest BCUT2D eigenvalue weighted by Crippen LogP contribution is 2.09. The van der Waals surface area contributed by atoms with Crippen molar-refractivity contribution in [3.63, 3.8) is 0 Å². The summed E-state index contributed by atoms with van der Waals surface area (Å²) in [5, 5.41) is 0. The van der Waals surface area contributed by atoms with Crippen LogP contribution in [0.15, 0.2) is 0 Å². The summed E-state index contributed by atoms with van der Waals surface area (Å²) in [5.74, 6) is 0.443. The van der Waals surface area contributed by atoms with E-state index in [1.54, 1.807) is 7.11 Å². The number of carbonyl (C=O) groups is 1. The Morgan fingerprint density at radius 2 is 1.94 bits per heavy atom. The molecule has 3 heteroatoms. The number of rotatable bonds is 11. The molecule has 0 spiro atoms. The first-order valence-corrected chi connectivity index (χ1v) is 6.85. The topological polar surface area (TPSA) is 35.5 Å². The summed E-state index contributed by atoms with van der Waals surface area (Å²) in [7, 11) is 1.70. The Balaban J connectivity index is 3.33. The molecule has 17 heavy (non-hydrogen) atoms. The van der Waals surface area contributed by atoms with Crippen molar-refractivity contribution >= 4 is 5.97 Å². The third kappa shape index (κ3) is 11.7. The minimum Gasteiger partial charge on any atom is -0.465 e. The van der Waals surface area contributed by atoms with Crippen LogP contribution in [-0.2, 0) is 14.3 Å². The van der Waals surface area contributed by atoms with Gasteiger partial charge in [-0.2, -0.15) is 0 Å². The minimum atomic E-state index is -0.0502. The second-order valence-electron chi connectivity index (χ2n) is 4.73. The number of methoxy groups -OCH3 is 1. The van der Waals surface area contributed by atoms with Crippen LogP contribution < -0.4 is 0 Å². The summed E-state index contributed by atoms with van der Waals surface area (Å²) in [4.78, 5) is 11.4. The maximum Gasteiger partial charge on any atom is 0.305 e. The SMILES string of the molecule is CCCCC(C)COC(=O)CCCCCOC. The van der Waals surface area contributed by atoms with Crippen molar-refractivity contribution in [3.8, 4) is 0 Å². The van der Waals surface area contributed by atoms with Gasteiger partial charge < -0.3 is 9.47 Å². The quantitative estimate of drug-likeness (QED) is 0.412. The molecule has 1 unspecified atom stereocenters. The van der Waals surface area contributed by atoms with Crippen LogP contribution in [0.1, 0.15) is 58.8 Å². The highest BCUT2D eigenvalue weighted by atomic mass is 16.5. The van der Waals surface area contributed by atoms with E-state index in [0.29, 0.717) is 18.9 Å². The third-order valence-electron chi connectivity index (χ3n) is 2.81. The van der Waals surface area contributed by atoms with Gasteiger partial charge in [0.2, 0.25) is 0 Å². The number of esters is 1. The van der Waals surface area contributed by atoms with Crippen LogP contribution in [0.3, 0.4) is 0 Å². The van der Waals surface area contributed by atoms with Gasteiger partial charge in [-0.15, -0.1) is 0 Å². The van der Waals surface area contributed by atoms with E-state index < -0.39 is 0 Å². The lowest BCUT2D eigenvalue weighted by Gasteiger charge is -2.11. The number of ether oxygens (including phenoxy) is 2. The van der Waals surface area contributed by atoms with E-state index in [-0.39, 0.29) is 5.97 Å². The van der Waals surface area contributed by atoms with Crippen molar-refractivity contribution in [3.05, 3.63) is 0 Å². The number of hydrogen-bond acceptors (Lipinski definition) is 3. The summed E-state index contributed by atoms with van der Waals surface area (Å²) in [6, 6.07) is 0. The van der Waals surface area contributed by atoms with Crippen molar-refractivity contribution in [1.29, 1.82) is 0 Å². The second kappa shape index (κ2) is 11.9. The van der Waals surface area contributed by atoms with Crippen LogP contribution in [0.4, 0.5) is 0 Å². The van der Waals surface area contributed by atoms with Crippen molar-refractivity contribution < 1.29 is 14.3 Å². The Kier molecular flexibility index (Phi) is 11.5. The standard InChI is InChI=1S/C14H28O3/c1-4-5-9-13(2)12-17-14(15)10-7-6-8-11-16-3/h13H,4-12H2,1-3H3. The predicted octanol–water partition coefficient (Wildman–Crippen LogP) is 3.56. The Labute approximate surface area is 106 Å². The normalized spacial score (nSPS) is 12.4. The van der Waals surface area contributed by atoms with Crippen molar-refractivity contribution in [2.24, 2.45) is 5.92 Å². The van der Waals surface area contributed by atoms with Gasteiger partial charge in [0.15, 0.2) is 0 Å². The molecule has 0 fully saturated rings. The zero-order valence-electron chi connectivity index (χ0n) is 11.7. The average Bonchev–Trinajstić information content (AvgIpc) is 2.33. The largest absolute Gasteiger partial charge is 0.465 e. The molecule has 0 rings (SSSR count). The lowest BCUT2D eigenvalue weighted by molar-refractivity contribution is -0.145. The molecule has 102 valence electrons. The average molecular weight is 244 g/mol. The van der Waals surface area contributed by atoms with Crippen LogP contribution in [0.25, 0.3) is 0 Å². The van der Waals surface area contributed by atoms with Crippen LogP contribution in [0.5, 0.6) is 0 Å². The fraction of sp³-hybridized carbons (Fsp3) is 0.929. The Bertz CT molecular complexity index is 180. The molecule has 0 aliphatic rings. The Morgan fingerprint density at radius 1 is 1.18 bits per heavy atom. The van der Waals surface area contributed by atoms with Crippen molar-refractivity contribution in [2.75, 3.05) is 20.3 Å². The highest BCUT2D eigenvalue weighted by molar-refractivity contribution is 5.69. The van der Waals surface area contributed by atoms with Crippen LogP contribution in [0, 0.1) is 5.92 Å². The van der Waals surface area contributed by atoms with E-state index >= 15 is 0 Å². The van der Waals surface area contributed by atoms with Gasteiger partial charge in [-0.05, 0) is 25.2 Å². The molecule has 0 radical (unpaired) electrons. The summed E-state index contributed by atoms with van der Waals surface area (Å²) in [5.41, 5.74) is 0. The van der Waals surface area contributed by atoms with Gasteiger partial charge in [0, 0.05) is 20.1 Å². The molecule has 0 N–H and O–H groups in total. The fourth-order valence-corrected chi connectivity index (χ4v) is 1.64. The summed E-state index contributed by atoms with van der Waals surface area (Å²) >= 11 is 0. The lowest BCUT2D eigenvalue weighted by Crippen LogP contribution is -2.11. The van der Waals surface area contributed by atoms with Crippen LogP contribution in [-0.4, -0.2) is 26.3 Å². The van der Waals surface area contributed by atoms with Crippen LogP contribution >= 0.6 is 0 Å². The van der Waals surface area contributed by atoms with Crippen molar-refractivity contribution in [2.45, 2.75) is 58.8 Å². The van der Waals surface area contributed by atoms with Crippen LogP contribution in [0.2, 0.25) is 0 Å². The lowest BCUT2D eigenvalue weighted by atomic mass is 10.1. The fourth-order valence-electron chi connectivity index (χ4n) is 1.64. The number of hydrogen-bond donors (Lipinski definition) is 0. The summed E-state index contributed by atoms with van der Waals surface area (Å²) < 4.78 is 10.2. The van der Waals surface area contributed by atoms with E-state index in [0.717, 1.165) is 32.3 Å². The smallest absolute Gasteiger partial charge is 0.305 e. The first-order valence-electron chi connectivity index (χ1n) is 6.85. The van der Waals surface area contributed by atoms with Gasteiger partial charge in [-0.3, -0.25) is 4.79 Å². The molecule has 0 saturated carbocycles.